The van der Waals surface area contributed by atoms with Gasteiger partial charge < -0.3 is 4.90 Å². The topological polar surface area (TPSA) is 53.5 Å². The van der Waals surface area contributed by atoms with Gasteiger partial charge in [-0.3, -0.25) is 0 Å². The van der Waals surface area contributed by atoms with Gasteiger partial charge in [-0.15, -0.1) is 0 Å². The normalized spacial score (nSPS) is 24.8. The monoisotopic (exact) mass is 349 g/mol. The van der Waals surface area contributed by atoms with Crippen LogP contribution in [-0.2, 0) is 10.0 Å². The van der Waals surface area contributed by atoms with Crippen LogP contribution in [0.25, 0.3) is 0 Å². The Kier molecular flexibility index (Phi) is 4.29. The summed E-state index contributed by atoms with van der Waals surface area (Å²) in [7, 11) is -3.35. The van der Waals surface area contributed by atoms with Gasteiger partial charge in [-0.2, -0.15) is 4.31 Å². The SMILES string of the molecule is O=S(=O)(c1ccc(N2CCC3(CCCC3)CC2)nc1)N1CCCC1. The predicted octanol–water partition coefficient (Wildman–Crippen LogP) is 3.03. The van der Waals surface area contributed by atoms with Crippen LogP contribution in [0.3, 0.4) is 0 Å². The van der Waals surface area contributed by atoms with Gasteiger partial charge in [0.1, 0.15) is 10.7 Å². The lowest BCUT2D eigenvalue weighted by atomic mass is 9.77. The first-order valence-corrected chi connectivity index (χ1v) is 10.7. The zero-order valence-electron chi connectivity index (χ0n) is 14.3. The Bertz CT molecular complexity index is 665. The van der Waals surface area contributed by atoms with Crippen LogP contribution in [0, 0.1) is 5.41 Å². The molecular weight excluding hydrogens is 322 g/mol. The van der Waals surface area contributed by atoms with Crippen LogP contribution < -0.4 is 4.90 Å². The smallest absolute Gasteiger partial charge is 0.244 e. The first kappa shape index (κ1) is 16.3. The Labute approximate surface area is 145 Å². The lowest BCUT2D eigenvalue weighted by Crippen LogP contribution is -2.39. The van der Waals surface area contributed by atoms with E-state index in [0.29, 0.717) is 23.4 Å². The number of nitrogens with zero attached hydrogens (tertiary/aromatic N) is 3. The number of aromatic nitrogens is 1. The quantitative estimate of drug-likeness (QED) is 0.842. The first-order chi connectivity index (χ1) is 11.6. The second kappa shape index (κ2) is 6.30. The number of piperidine rings is 1. The van der Waals surface area contributed by atoms with E-state index in [-0.39, 0.29) is 0 Å². The molecule has 6 heteroatoms. The molecule has 4 rings (SSSR count). The zero-order valence-corrected chi connectivity index (χ0v) is 15.1. The Morgan fingerprint density at radius 1 is 0.875 bits per heavy atom. The molecule has 0 aromatic carbocycles. The van der Waals surface area contributed by atoms with Gasteiger partial charge in [0.25, 0.3) is 0 Å². The fraction of sp³-hybridized carbons (Fsp3) is 0.722. The molecule has 0 N–H and O–H groups in total. The summed E-state index contributed by atoms with van der Waals surface area (Å²) in [5.74, 6) is 0.920. The van der Waals surface area contributed by atoms with Gasteiger partial charge in [0.15, 0.2) is 0 Å². The molecule has 1 aliphatic carbocycles. The van der Waals surface area contributed by atoms with Gasteiger partial charge in [-0.05, 0) is 56.1 Å². The highest BCUT2D eigenvalue weighted by atomic mass is 32.2. The molecule has 2 aliphatic heterocycles. The largest absolute Gasteiger partial charge is 0.357 e. The van der Waals surface area contributed by atoms with Crippen LogP contribution in [0.4, 0.5) is 5.82 Å². The van der Waals surface area contributed by atoms with Crippen LogP contribution in [0.1, 0.15) is 51.4 Å². The first-order valence-electron chi connectivity index (χ1n) is 9.30. The van der Waals surface area contributed by atoms with E-state index in [9.17, 15) is 8.42 Å². The molecule has 24 heavy (non-hydrogen) atoms. The number of pyridine rings is 1. The van der Waals surface area contributed by atoms with Crippen molar-refractivity contribution in [3.63, 3.8) is 0 Å². The summed E-state index contributed by atoms with van der Waals surface area (Å²) in [6.45, 7) is 3.37. The lowest BCUT2D eigenvalue weighted by Gasteiger charge is -2.40. The molecule has 1 saturated carbocycles. The molecule has 3 aliphatic rings. The van der Waals surface area contributed by atoms with Crippen molar-refractivity contribution in [2.24, 2.45) is 5.41 Å². The lowest BCUT2D eigenvalue weighted by molar-refractivity contribution is 0.226. The van der Waals surface area contributed by atoms with Crippen LogP contribution in [-0.4, -0.2) is 43.9 Å². The van der Waals surface area contributed by atoms with E-state index >= 15 is 0 Å². The van der Waals surface area contributed by atoms with Crippen molar-refractivity contribution in [1.82, 2.24) is 9.29 Å². The molecule has 0 bridgehead atoms. The zero-order chi connectivity index (χ0) is 16.6. The minimum atomic E-state index is -3.35. The summed E-state index contributed by atoms with van der Waals surface area (Å²) in [6, 6.07) is 3.62. The molecule has 1 aromatic heterocycles. The van der Waals surface area contributed by atoms with E-state index in [1.165, 1.54) is 38.5 Å². The summed E-state index contributed by atoms with van der Waals surface area (Å²) in [6.07, 6.45) is 11.5. The molecular formula is C18H27N3O2S. The van der Waals surface area contributed by atoms with Gasteiger partial charge in [-0.25, -0.2) is 13.4 Å². The molecule has 3 fully saturated rings. The van der Waals surface area contributed by atoms with Gasteiger partial charge >= 0.3 is 0 Å². The minimum Gasteiger partial charge on any atom is -0.357 e. The average molecular weight is 350 g/mol. The van der Waals surface area contributed by atoms with E-state index < -0.39 is 10.0 Å². The van der Waals surface area contributed by atoms with Gasteiger partial charge in [0.2, 0.25) is 10.0 Å². The van der Waals surface area contributed by atoms with Gasteiger partial charge in [-0.1, -0.05) is 12.8 Å². The van der Waals surface area contributed by atoms with Crippen LogP contribution in [0.2, 0.25) is 0 Å². The molecule has 0 amide bonds. The highest BCUT2D eigenvalue weighted by Gasteiger charge is 2.37. The van der Waals surface area contributed by atoms with Crippen molar-refractivity contribution >= 4 is 15.8 Å². The summed E-state index contributed by atoms with van der Waals surface area (Å²) in [4.78, 5) is 7.12. The molecule has 1 spiro atoms. The van der Waals surface area contributed by atoms with Crippen molar-refractivity contribution in [3.8, 4) is 0 Å². The molecule has 2 saturated heterocycles. The van der Waals surface area contributed by atoms with E-state index in [0.717, 1.165) is 31.7 Å². The summed E-state index contributed by atoms with van der Waals surface area (Å²) < 4.78 is 26.7. The average Bonchev–Trinajstić information content (AvgIpc) is 3.28. The minimum absolute atomic E-state index is 0.331. The molecule has 0 radical (unpaired) electrons. The van der Waals surface area contributed by atoms with Crippen molar-refractivity contribution in [1.29, 1.82) is 0 Å². The van der Waals surface area contributed by atoms with Crippen LogP contribution in [0.5, 0.6) is 0 Å². The number of hydrogen-bond donors (Lipinski definition) is 0. The maximum absolute atomic E-state index is 12.6. The molecule has 5 nitrogen and oxygen atoms in total. The number of rotatable bonds is 3. The maximum Gasteiger partial charge on any atom is 0.244 e. The fourth-order valence-electron chi connectivity index (χ4n) is 4.62. The molecule has 3 heterocycles. The highest BCUT2D eigenvalue weighted by molar-refractivity contribution is 7.89. The standard InChI is InChI=1S/C18H27N3O2S/c22-24(23,21-11-3-4-12-21)16-5-6-17(19-15-16)20-13-9-18(10-14-20)7-1-2-8-18/h5-6,15H,1-4,7-14H2. The Hall–Kier alpha value is -1.14. The van der Waals surface area contributed by atoms with E-state index in [4.69, 9.17) is 0 Å². The molecule has 1 aromatic rings. The van der Waals surface area contributed by atoms with Crippen molar-refractivity contribution < 1.29 is 8.42 Å². The molecule has 0 unspecified atom stereocenters. The van der Waals surface area contributed by atoms with Crippen molar-refractivity contribution in [2.45, 2.75) is 56.3 Å². The van der Waals surface area contributed by atoms with E-state index in [1.54, 1.807) is 16.6 Å². The second-order valence-corrected chi connectivity index (χ2v) is 9.60. The summed E-state index contributed by atoms with van der Waals surface area (Å²) in [5, 5.41) is 0. The third-order valence-corrected chi connectivity index (χ3v) is 8.12. The number of sulfonamides is 1. The number of anilines is 1. The summed E-state index contributed by atoms with van der Waals surface area (Å²) >= 11 is 0. The maximum atomic E-state index is 12.6. The van der Waals surface area contributed by atoms with Gasteiger partial charge in [0, 0.05) is 32.4 Å². The Morgan fingerprint density at radius 2 is 1.54 bits per heavy atom. The predicted molar refractivity (Wildman–Crippen MR) is 94.6 cm³/mol. The molecule has 0 atom stereocenters. The number of hydrogen-bond acceptors (Lipinski definition) is 4. The van der Waals surface area contributed by atoms with E-state index in [1.807, 2.05) is 6.07 Å². The summed E-state index contributed by atoms with van der Waals surface area (Å²) in [5.41, 5.74) is 0.593. The second-order valence-electron chi connectivity index (χ2n) is 7.66. The van der Waals surface area contributed by atoms with Crippen molar-refractivity contribution in [3.05, 3.63) is 18.3 Å². The molecule has 132 valence electrons. The van der Waals surface area contributed by atoms with Gasteiger partial charge in [0.05, 0.1) is 0 Å². The Balaban J connectivity index is 1.44. The van der Waals surface area contributed by atoms with Crippen LogP contribution >= 0.6 is 0 Å². The van der Waals surface area contributed by atoms with E-state index in [2.05, 4.69) is 9.88 Å². The third kappa shape index (κ3) is 2.94. The fourth-order valence-corrected chi connectivity index (χ4v) is 6.09. The Morgan fingerprint density at radius 3 is 2.12 bits per heavy atom. The third-order valence-electron chi connectivity index (χ3n) is 6.24. The highest BCUT2D eigenvalue weighted by Crippen LogP contribution is 2.46. The van der Waals surface area contributed by atoms with Crippen LogP contribution in [0.15, 0.2) is 23.2 Å². The van der Waals surface area contributed by atoms with Crippen molar-refractivity contribution in [2.75, 3.05) is 31.1 Å².